The molecule has 0 heterocycles. The van der Waals surface area contributed by atoms with Gasteiger partial charge in [0.1, 0.15) is 5.75 Å². The monoisotopic (exact) mass is 275 g/mol. The molecule has 1 aromatic rings. The van der Waals surface area contributed by atoms with Crippen LogP contribution in [0.3, 0.4) is 0 Å². The molecule has 2 nitrogen and oxygen atoms in total. The summed E-state index contributed by atoms with van der Waals surface area (Å²) >= 11 is 0. The molecule has 2 heteroatoms. The second-order valence-corrected chi connectivity index (χ2v) is 6.20. The van der Waals surface area contributed by atoms with E-state index in [4.69, 9.17) is 4.74 Å². The molecule has 1 atom stereocenters. The van der Waals surface area contributed by atoms with Gasteiger partial charge in [-0.2, -0.15) is 0 Å². The van der Waals surface area contributed by atoms with Crippen LogP contribution in [-0.4, -0.2) is 19.7 Å². The van der Waals surface area contributed by atoms with Crippen LogP contribution >= 0.6 is 0 Å². The summed E-state index contributed by atoms with van der Waals surface area (Å²) in [5.41, 5.74) is 2.67. The molecule has 0 aliphatic heterocycles. The molecule has 1 unspecified atom stereocenters. The molecule has 0 saturated heterocycles. The minimum atomic E-state index is 0.593. The molecule has 20 heavy (non-hydrogen) atoms. The minimum absolute atomic E-state index is 0.593. The molecule has 0 bridgehead atoms. The van der Waals surface area contributed by atoms with E-state index in [9.17, 15) is 0 Å². The molecule has 1 aromatic carbocycles. The van der Waals surface area contributed by atoms with Crippen molar-refractivity contribution in [3.05, 3.63) is 29.3 Å². The second kappa shape index (κ2) is 7.68. The Morgan fingerprint density at radius 3 is 2.75 bits per heavy atom. The van der Waals surface area contributed by atoms with Crippen LogP contribution in [0.5, 0.6) is 5.75 Å². The Kier molecular flexibility index (Phi) is 5.90. The summed E-state index contributed by atoms with van der Waals surface area (Å²) < 4.78 is 5.52. The van der Waals surface area contributed by atoms with E-state index in [0.29, 0.717) is 6.04 Å². The normalized spacial score (nSPS) is 16.8. The van der Waals surface area contributed by atoms with E-state index < -0.39 is 0 Å². The van der Waals surface area contributed by atoms with Gasteiger partial charge < -0.3 is 10.1 Å². The van der Waals surface area contributed by atoms with Crippen molar-refractivity contribution in [2.24, 2.45) is 5.92 Å². The summed E-state index contributed by atoms with van der Waals surface area (Å²) in [5.74, 6) is 1.98. The Hall–Kier alpha value is -1.02. The zero-order valence-electron chi connectivity index (χ0n) is 13.2. The number of methoxy groups -OCH3 is 1. The SMILES string of the molecule is CCCNC(Cc1cc(C)ccc1OC)CC1CCC1. The molecule has 1 fully saturated rings. The fraction of sp³-hybridized carbons (Fsp3) is 0.667. The first kappa shape index (κ1) is 15.4. The molecular weight excluding hydrogens is 246 g/mol. The molecule has 0 aromatic heterocycles. The number of benzene rings is 1. The smallest absolute Gasteiger partial charge is 0.122 e. The van der Waals surface area contributed by atoms with Crippen LogP contribution in [0.4, 0.5) is 0 Å². The van der Waals surface area contributed by atoms with Crippen LogP contribution in [0.1, 0.15) is 50.2 Å². The van der Waals surface area contributed by atoms with Crippen molar-refractivity contribution in [2.75, 3.05) is 13.7 Å². The first-order valence-electron chi connectivity index (χ1n) is 8.09. The standard InChI is InChI=1S/C18H29NO/c1-4-10-19-17(12-15-6-5-7-15)13-16-11-14(2)8-9-18(16)20-3/h8-9,11,15,17,19H,4-7,10,12-13H2,1-3H3. The highest BCUT2D eigenvalue weighted by Gasteiger charge is 2.22. The highest BCUT2D eigenvalue weighted by Crippen LogP contribution is 2.32. The van der Waals surface area contributed by atoms with Crippen molar-refractivity contribution in [2.45, 2.75) is 58.4 Å². The van der Waals surface area contributed by atoms with Crippen LogP contribution < -0.4 is 10.1 Å². The van der Waals surface area contributed by atoms with Crippen LogP contribution in [0, 0.1) is 12.8 Å². The fourth-order valence-corrected chi connectivity index (χ4v) is 3.05. The molecule has 2 rings (SSSR count). The van der Waals surface area contributed by atoms with Gasteiger partial charge in [0, 0.05) is 6.04 Å². The van der Waals surface area contributed by atoms with E-state index in [1.807, 2.05) is 0 Å². The quantitative estimate of drug-likeness (QED) is 0.771. The highest BCUT2D eigenvalue weighted by atomic mass is 16.5. The fourth-order valence-electron chi connectivity index (χ4n) is 3.05. The van der Waals surface area contributed by atoms with Gasteiger partial charge in [0.05, 0.1) is 7.11 Å². The molecule has 0 spiro atoms. The Morgan fingerprint density at radius 2 is 2.15 bits per heavy atom. The Bertz CT molecular complexity index is 412. The average molecular weight is 275 g/mol. The predicted octanol–water partition coefficient (Wildman–Crippen LogP) is 4.10. The van der Waals surface area contributed by atoms with E-state index in [0.717, 1.165) is 24.6 Å². The van der Waals surface area contributed by atoms with Crippen molar-refractivity contribution in [1.82, 2.24) is 5.32 Å². The number of rotatable bonds is 8. The van der Waals surface area contributed by atoms with Gasteiger partial charge in [-0.15, -0.1) is 0 Å². The molecule has 0 radical (unpaired) electrons. The summed E-state index contributed by atoms with van der Waals surface area (Å²) in [5, 5.41) is 3.73. The largest absolute Gasteiger partial charge is 0.496 e. The van der Waals surface area contributed by atoms with Crippen molar-refractivity contribution >= 4 is 0 Å². The van der Waals surface area contributed by atoms with Gasteiger partial charge >= 0.3 is 0 Å². The third-order valence-corrected chi connectivity index (χ3v) is 4.43. The molecule has 0 amide bonds. The Morgan fingerprint density at radius 1 is 1.35 bits per heavy atom. The lowest BCUT2D eigenvalue weighted by Gasteiger charge is -2.30. The Balaban J connectivity index is 2.02. The summed E-state index contributed by atoms with van der Waals surface area (Å²) in [7, 11) is 1.77. The first-order valence-corrected chi connectivity index (χ1v) is 8.09. The van der Waals surface area contributed by atoms with Gasteiger partial charge in [0.15, 0.2) is 0 Å². The van der Waals surface area contributed by atoms with Gasteiger partial charge in [-0.25, -0.2) is 0 Å². The molecule has 1 aliphatic carbocycles. The number of ether oxygens (including phenoxy) is 1. The third-order valence-electron chi connectivity index (χ3n) is 4.43. The lowest BCUT2D eigenvalue weighted by Crippen LogP contribution is -2.35. The minimum Gasteiger partial charge on any atom is -0.496 e. The number of hydrogen-bond acceptors (Lipinski definition) is 2. The van der Waals surface area contributed by atoms with E-state index in [-0.39, 0.29) is 0 Å². The maximum absolute atomic E-state index is 5.52. The number of aryl methyl sites for hydroxylation is 1. The lowest BCUT2D eigenvalue weighted by molar-refractivity contribution is 0.258. The zero-order valence-corrected chi connectivity index (χ0v) is 13.2. The van der Waals surface area contributed by atoms with Gasteiger partial charge in [0.2, 0.25) is 0 Å². The van der Waals surface area contributed by atoms with E-state index >= 15 is 0 Å². The summed E-state index contributed by atoms with van der Waals surface area (Å²) in [6.07, 6.45) is 7.88. The van der Waals surface area contributed by atoms with Crippen LogP contribution in [0.2, 0.25) is 0 Å². The predicted molar refractivity (Wildman–Crippen MR) is 85.5 cm³/mol. The molecule has 112 valence electrons. The highest BCUT2D eigenvalue weighted by molar-refractivity contribution is 5.37. The topological polar surface area (TPSA) is 21.3 Å². The van der Waals surface area contributed by atoms with Gasteiger partial charge in [-0.3, -0.25) is 0 Å². The third kappa shape index (κ3) is 4.24. The van der Waals surface area contributed by atoms with Gasteiger partial charge in [-0.05, 0) is 50.3 Å². The summed E-state index contributed by atoms with van der Waals surface area (Å²) in [4.78, 5) is 0. The lowest BCUT2D eigenvalue weighted by atomic mass is 9.79. The van der Waals surface area contributed by atoms with Crippen molar-refractivity contribution in [1.29, 1.82) is 0 Å². The van der Waals surface area contributed by atoms with Gasteiger partial charge in [0.25, 0.3) is 0 Å². The Labute approximate surface area is 123 Å². The van der Waals surface area contributed by atoms with Crippen LogP contribution in [0.15, 0.2) is 18.2 Å². The number of hydrogen-bond donors (Lipinski definition) is 1. The molecule has 1 saturated carbocycles. The molecule has 1 N–H and O–H groups in total. The summed E-state index contributed by atoms with van der Waals surface area (Å²) in [6, 6.07) is 7.10. The van der Waals surface area contributed by atoms with Gasteiger partial charge in [-0.1, -0.05) is 43.9 Å². The van der Waals surface area contributed by atoms with Crippen molar-refractivity contribution in [3.8, 4) is 5.75 Å². The van der Waals surface area contributed by atoms with E-state index in [2.05, 4.69) is 37.4 Å². The average Bonchev–Trinajstić information content (AvgIpc) is 2.40. The van der Waals surface area contributed by atoms with E-state index in [1.54, 1.807) is 7.11 Å². The number of nitrogens with one attached hydrogen (secondary N) is 1. The zero-order chi connectivity index (χ0) is 14.4. The van der Waals surface area contributed by atoms with Crippen molar-refractivity contribution < 1.29 is 4.74 Å². The maximum atomic E-state index is 5.52. The first-order chi connectivity index (χ1) is 9.72. The van der Waals surface area contributed by atoms with Crippen LogP contribution in [0.25, 0.3) is 0 Å². The van der Waals surface area contributed by atoms with Crippen molar-refractivity contribution in [3.63, 3.8) is 0 Å². The molecule has 1 aliphatic rings. The van der Waals surface area contributed by atoms with Crippen LogP contribution in [-0.2, 0) is 6.42 Å². The summed E-state index contributed by atoms with van der Waals surface area (Å²) in [6.45, 7) is 5.51. The second-order valence-electron chi connectivity index (χ2n) is 6.20. The van der Waals surface area contributed by atoms with E-state index in [1.165, 1.54) is 43.2 Å². The molecular formula is C18H29NO. The maximum Gasteiger partial charge on any atom is 0.122 e.